The fraction of sp³-hybridized carbons (Fsp3) is 0.455. The van der Waals surface area contributed by atoms with Gasteiger partial charge in [-0.1, -0.05) is 0 Å². The second-order valence-electron chi connectivity index (χ2n) is 3.53. The van der Waals surface area contributed by atoms with Gasteiger partial charge in [0.1, 0.15) is 0 Å². The minimum absolute atomic E-state index is 0.506. The molecule has 0 aliphatic carbocycles. The van der Waals surface area contributed by atoms with E-state index >= 15 is 0 Å². The van der Waals surface area contributed by atoms with Crippen LogP contribution in [0.3, 0.4) is 0 Å². The van der Waals surface area contributed by atoms with Crippen LogP contribution in [0.4, 0.5) is 0 Å². The first-order valence-electron chi connectivity index (χ1n) is 4.68. The molecule has 2 atom stereocenters. The van der Waals surface area contributed by atoms with Crippen LogP contribution in [-0.4, -0.2) is 26.6 Å². The average molecular weight is 241 g/mol. The van der Waals surface area contributed by atoms with E-state index in [2.05, 4.69) is 37.3 Å². The molecule has 0 saturated carbocycles. The zero-order valence-corrected chi connectivity index (χ0v) is 9.49. The van der Waals surface area contributed by atoms with E-state index in [1.165, 1.54) is 10.9 Å². The molecule has 1 aromatic carbocycles. The van der Waals surface area contributed by atoms with E-state index in [1.807, 2.05) is 0 Å². The van der Waals surface area contributed by atoms with Crippen molar-refractivity contribution < 1.29 is 4.74 Å². The van der Waals surface area contributed by atoms with Gasteiger partial charge in [-0.05, 0) is 0 Å². The van der Waals surface area contributed by atoms with E-state index < -0.39 is 0 Å². The SMILES string of the molecule is C[C@@H]1CO[C@H]([Se]c2ccccc2)C1. The number of rotatable bonds is 2. The van der Waals surface area contributed by atoms with Gasteiger partial charge in [-0.2, -0.15) is 0 Å². The first kappa shape index (κ1) is 9.26. The molecular formula is C11H14OSe. The Hall–Kier alpha value is -0.301. The minimum atomic E-state index is 0.506. The summed E-state index contributed by atoms with van der Waals surface area (Å²) in [7, 11) is 0. The van der Waals surface area contributed by atoms with E-state index in [0.29, 0.717) is 20.0 Å². The molecule has 0 spiro atoms. The van der Waals surface area contributed by atoms with Crippen LogP contribution in [0.5, 0.6) is 0 Å². The van der Waals surface area contributed by atoms with Crippen molar-refractivity contribution in [2.75, 3.05) is 6.61 Å². The number of benzene rings is 1. The van der Waals surface area contributed by atoms with Crippen LogP contribution in [0.2, 0.25) is 0 Å². The molecule has 2 heteroatoms. The van der Waals surface area contributed by atoms with Crippen molar-refractivity contribution in [2.24, 2.45) is 5.92 Å². The molecule has 1 saturated heterocycles. The van der Waals surface area contributed by atoms with Gasteiger partial charge in [-0.25, -0.2) is 0 Å². The molecule has 1 aliphatic rings. The third-order valence-corrected chi connectivity index (χ3v) is 4.56. The topological polar surface area (TPSA) is 9.23 Å². The summed E-state index contributed by atoms with van der Waals surface area (Å²) in [4.78, 5) is 0. The van der Waals surface area contributed by atoms with Crippen LogP contribution < -0.4 is 4.46 Å². The zero-order valence-electron chi connectivity index (χ0n) is 7.77. The maximum atomic E-state index is 5.70. The summed E-state index contributed by atoms with van der Waals surface area (Å²) in [6, 6.07) is 10.7. The van der Waals surface area contributed by atoms with Gasteiger partial charge in [-0.15, -0.1) is 0 Å². The number of hydrogen-bond acceptors (Lipinski definition) is 1. The Bertz CT molecular complexity index is 260. The van der Waals surface area contributed by atoms with Crippen molar-refractivity contribution in [2.45, 2.75) is 18.3 Å². The van der Waals surface area contributed by atoms with Crippen LogP contribution in [0.15, 0.2) is 30.3 Å². The summed E-state index contributed by atoms with van der Waals surface area (Å²) in [5.74, 6) is 0.760. The number of hydrogen-bond donors (Lipinski definition) is 0. The molecule has 0 bridgehead atoms. The van der Waals surface area contributed by atoms with E-state index in [4.69, 9.17) is 4.74 Å². The van der Waals surface area contributed by atoms with Gasteiger partial charge in [0.2, 0.25) is 0 Å². The summed E-state index contributed by atoms with van der Waals surface area (Å²) >= 11 is 0.506. The Kier molecular flexibility index (Phi) is 3.05. The normalized spacial score (nSPS) is 27.8. The first-order valence-corrected chi connectivity index (χ1v) is 6.52. The Labute approximate surface area is 85.6 Å². The van der Waals surface area contributed by atoms with Gasteiger partial charge < -0.3 is 0 Å². The predicted molar refractivity (Wildman–Crippen MR) is 55.4 cm³/mol. The summed E-state index contributed by atoms with van der Waals surface area (Å²) in [6.07, 6.45) is 1.24. The van der Waals surface area contributed by atoms with Gasteiger partial charge in [0.25, 0.3) is 0 Å². The molecular weight excluding hydrogens is 227 g/mol. The summed E-state index contributed by atoms with van der Waals surface area (Å²) in [5.41, 5.74) is 0. The van der Waals surface area contributed by atoms with Gasteiger partial charge in [-0.3, -0.25) is 0 Å². The molecule has 0 aromatic heterocycles. The second-order valence-corrected chi connectivity index (χ2v) is 6.12. The molecule has 1 aromatic rings. The third-order valence-electron chi connectivity index (χ3n) is 2.17. The fourth-order valence-electron chi connectivity index (χ4n) is 1.47. The summed E-state index contributed by atoms with van der Waals surface area (Å²) in [6.45, 7) is 3.22. The van der Waals surface area contributed by atoms with Gasteiger partial charge in [0, 0.05) is 0 Å². The van der Waals surface area contributed by atoms with Crippen LogP contribution in [0.25, 0.3) is 0 Å². The molecule has 0 radical (unpaired) electrons. The molecule has 0 amide bonds. The Morgan fingerprint density at radius 1 is 1.31 bits per heavy atom. The van der Waals surface area contributed by atoms with E-state index in [1.54, 1.807) is 0 Å². The van der Waals surface area contributed by atoms with E-state index in [0.717, 1.165) is 12.5 Å². The van der Waals surface area contributed by atoms with Gasteiger partial charge in [0.15, 0.2) is 0 Å². The molecule has 0 unspecified atom stereocenters. The third kappa shape index (κ3) is 2.57. The van der Waals surface area contributed by atoms with Crippen molar-refractivity contribution >= 4 is 19.4 Å². The molecule has 70 valence electrons. The molecule has 1 heterocycles. The summed E-state index contributed by atoms with van der Waals surface area (Å²) < 4.78 is 7.15. The summed E-state index contributed by atoms with van der Waals surface area (Å²) in [5, 5.41) is 0.518. The monoisotopic (exact) mass is 242 g/mol. The van der Waals surface area contributed by atoms with Crippen LogP contribution >= 0.6 is 0 Å². The van der Waals surface area contributed by atoms with Crippen molar-refractivity contribution in [3.05, 3.63) is 30.3 Å². The fourth-order valence-corrected chi connectivity index (χ4v) is 3.96. The Morgan fingerprint density at radius 3 is 2.69 bits per heavy atom. The molecule has 1 nitrogen and oxygen atoms in total. The zero-order chi connectivity index (χ0) is 9.10. The molecule has 2 rings (SSSR count). The van der Waals surface area contributed by atoms with Gasteiger partial charge >= 0.3 is 85.4 Å². The second kappa shape index (κ2) is 4.28. The van der Waals surface area contributed by atoms with Crippen LogP contribution in [0.1, 0.15) is 13.3 Å². The molecule has 13 heavy (non-hydrogen) atoms. The Balaban J connectivity index is 1.92. The maximum absolute atomic E-state index is 5.70. The molecule has 0 N–H and O–H groups in total. The van der Waals surface area contributed by atoms with Crippen molar-refractivity contribution in [1.29, 1.82) is 0 Å². The van der Waals surface area contributed by atoms with Crippen LogP contribution in [0, 0.1) is 5.92 Å². The number of ether oxygens (including phenoxy) is 1. The van der Waals surface area contributed by atoms with Gasteiger partial charge in [0.05, 0.1) is 0 Å². The van der Waals surface area contributed by atoms with Crippen molar-refractivity contribution in [3.63, 3.8) is 0 Å². The van der Waals surface area contributed by atoms with Crippen molar-refractivity contribution in [3.8, 4) is 0 Å². The Morgan fingerprint density at radius 2 is 2.08 bits per heavy atom. The van der Waals surface area contributed by atoms with Crippen molar-refractivity contribution in [1.82, 2.24) is 0 Å². The molecule has 1 aliphatic heterocycles. The quantitative estimate of drug-likeness (QED) is 0.711. The first-order chi connectivity index (χ1) is 6.34. The standard InChI is InChI=1S/C11H14OSe/c1-9-7-11(12-8-9)13-10-5-3-2-4-6-10/h2-6,9,11H,7-8H2,1H3/t9-,11+/m0/s1. The predicted octanol–water partition coefficient (Wildman–Crippen LogP) is 1.40. The average Bonchev–Trinajstić information content (AvgIpc) is 2.53. The van der Waals surface area contributed by atoms with Crippen LogP contribution in [-0.2, 0) is 4.74 Å². The molecule has 1 fully saturated rings. The van der Waals surface area contributed by atoms with E-state index in [9.17, 15) is 0 Å². The van der Waals surface area contributed by atoms with E-state index in [-0.39, 0.29) is 0 Å².